The molecule has 100 valence electrons. The number of pyridine rings is 1. The topological polar surface area (TPSA) is 38.9 Å². The highest BCUT2D eigenvalue weighted by atomic mass is 19.1. The zero-order valence-corrected chi connectivity index (χ0v) is 10.7. The van der Waals surface area contributed by atoms with Crippen LogP contribution in [0.15, 0.2) is 42.7 Å². The number of hydrogen-bond acceptors (Lipinski definition) is 2. The summed E-state index contributed by atoms with van der Waals surface area (Å²) >= 11 is 0. The molecule has 0 aliphatic heterocycles. The van der Waals surface area contributed by atoms with Gasteiger partial charge in [-0.3, -0.25) is 4.98 Å². The highest BCUT2D eigenvalue weighted by molar-refractivity contribution is 5.30. The molecule has 4 heteroatoms. The van der Waals surface area contributed by atoms with Gasteiger partial charge in [-0.2, -0.15) is 0 Å². The molecule has 2 rings (SSSR count). The summed E-state index contributed by atoms with van der Waals surface area (Å²) in [5.41, 5.74) is 6.39. The third-order valence-electron chi connectivity index (χ3n) is 3.35. The van der Waals surface area contributed by atoms with E-state index in [4.69, 9.17) is 5.73 Å². The normalized spacial score (nSPS) is 14.1. The minimum Gasteiger partial charge on any atom is -0.330 e. The number of aromatic nitrogens is 1. The summed E-state index contributed by atoms with van der Waals surface area (Å²) in [5.74, 6) is -0.888. The Morgan fingerprint density at radius 2 is 2.05 bits per heavy atom. The first-order valence-corrected chi connectivity index (χ1v) is 6.10. The van der Waals surface area contributed by atoms with Crippen molar-refractivity contribution in [1.29, 1.82) is 0 Å². The third-order valence-corrected chi connectivity index (χ3v) is 3.35. The lowest BCUT2D eigenvalue weighted by molar-refractivity contribution is 0.444. The fraction of sp³-hybridized carbons (Fsp3) is 0.267. The van der Waals surface area contributed by atoms with Crippen molar-refractivity contribution in [2.75, 3.05) is 6.54 Å². The molecule has 0 radical (unpaired) electrons. The molecule has 0 bridgehead atoms. The molecule has 0 saturated heterocycles. The first kappa shape index (κ1) is 13.6. The van der Waals surface area contributed by atoms with Gasteiger partial charge in [0.2, 0.25) is 0 Å². The number of benzene rings is 1. The molecule has 2 aromatic rings. The van der Waals surface area contributed by atoms with Crippen LogP contribution in [0.5, 0.6) is 0 Å². The second-order valence-electron chi connectivity index (χ2n) is 4.93. The largest absolute Gasteiger partial charge is 0.330 e. The first-order valence-electron chi connectivity index (χ1n) is 6.10. The number of nitrogens with zero attached hydrogens (tertiary/aromatic N) is 1. The molecular formula is C15H16F2N2. The van der Waals surface area contributed by atoms with Crippen molar-refractivity contribution in [3.05, 3.63) is 65.5 Å². The standard InChI is InChI=1S/C15H16F2N2/c1-15(10-18,8-11-3-2-6-19-9-11)13-7-12(16)4-5-14(13)17/h2-7,9H,8,10,18H2,1H3. The van der Waals surface area contributed by atoms with Gasteiger partial charge in [-0.25, -0.2) is 8.78 Å². The number of nitrogens with two attached hydrogens (primary N) is 1. The number of rotatable bonds is 4. The van der Waals surface area contributed by atoms with Crippen LogP contribution in [-0.4, -0.2) is 11.5 Å². The SMILES string of the molecule is CC(CN)(Cc1cccnc1)c1cc(F)ccc1F. The van der Waals surface area contributed by atoms with Crippen LogP contribution in [0.3, 0.4) is 0 Å². The lowest BCUT2D eigenvalue weighted by Gasteiger charge is -2.29. The molecule has 0 amide bonds. The Bertz CT molecular complexity index is 557. The van der Waals surface area contributed by atoms with Crippen LogP contribution < -0.4 is 5.73 Å². The van der Waals surface area contributed by atoms with Gasteiger partial charge >= 0.3 is 0 Å². The summed E-state index contributed by atoms with van der Waals surface area (Å²) in [4.78, 5) is 4.03. The lowest BCUT2D eigenvalue weighted by atomic mass is 9.77. The van der Waals surface area contributed by atoms with Gasteiger partial charge in [0, 0.05) is 24.4 Å². The van der Waals surface area contributed by atoms with Crippen molar-refractivity contribution < 1.29 is 8.78 Å². The summed E-state index contributed by atoms with van der Waals surface area (Å²) in [6.45, 7) is 2.06. The van der Waals surface area contributed by atoms with E-state index in [0.717, 1.165) is 17.7 Å². The Hall–Kier alpha value is -1.81. The quantitative estimate of drug-likeness (QED) is 0.920. The molecule has 0 spiro atoms. The van der Waals surface area contributed by atoms with Gasteiger partial charge in [0.05, 0.1) is 0 Å². The van der Waals surface area contributed by atoms with Gasteiger partial charge in [0.1, 0.15) is 11.6 Å². The maximum Gasteiger partial charge on any atom is 0.127 e. The molecule has 0 saturated carbocycles. The molecule has 0 fully saturated rings. The summed E-state index contributed by atoms with van der Waals surface area (Å²) in [6.07, 6.45) is 3.90. The van der Waals surface area contributed by atoms with Crippen LogP contribution in [0.25, 0.3) is 0 Å². The van der Waals surface area contributed by atoms with Crippen molar-refractivity contribution in [2.45, 2.75) is 18.8 Å². The van der Waals surface area contributed by atoms with Gasteiger partial charge in [-0.05, 0) is 41.8 Å². The smallest absolute Gasteiger partial charge is 0.127 e. The number of hydrogen-bond donors (Lipinski definition) is 1. The second kappa shape index (κ2) is 5.45. The van der Waals surface area contributed by atoms with E-state index in [1.165, 1.54) is 6.07 Å². The van der Waals surface area contributed by atoms with E-state index in [2.05, 4.69) is 4.98 Å². The van der Waals surface area contributed by atoms with E-state index in [0.29, 0.717) is 12.0 Å². The van der Waals surface area contributed by atoms with Crippen molar-refractivity contribution in [3.8, 4) is 0 Å². The van der Waals surface area contributed by atoms with Crippen LogP contribution in [0, 0.1) is 11.6 Å². The van der Waals surface area contributed by atoms with E-state index < -0.39 is 17.0 Å². The fourth-order valence-corrected chi connectivity index (χ4v) is 2.19. The van der Waals surface area contributed by atoms with Crippen LogP contribution in [0.4, 0.5) is 8.78 Å². The van der Waals surface area contributed by atoms with Gasteiger partial charge in [-0.1, -0.05) is 13.0 Å². The van der Waals surface area contributed by atoms with E-state index in [9.17, 15) is 8.78 Å². The van der Waals surface area contributed by atoms with Crippen LogP contribution in [0.2, 0.25) is 0 Å². The highest BCUT2D eigenvalue weighted by Crippen LogP contribution is 2.29. The molecule has 19 heavy (non-hydrogen) atoms. The van der Waals surface area contributed by atoms with Gasteiger partial charge in [0.15, 0.2) is 0 Å². The first-order chi connectivity index (χ1) is 9.05. The van der Waals surface area contributed by atoms with Crippen LogP contribution >= 0.6 is 0 Å². The monoisotopic (exact) mass is 262 g/mol. The minimum absolute atomic E-state index is 0.224. The molecule has 1 heterocycles. The molecule has 0 aliphatic carbocycles. The van der Waals surface area contributed by atoms with E-state index in [-0.39, 0.29) is 6.54 Å². The molecule has 2 nitrogen and oxygen atoms in total. The summed E-state index contributed by atoms with van der Waals surface area (Å²) in [7, 11) is 0. The van der Waals surface area contributed by atoms with Crippen molar-refractivity contribution in [2.24, 2.45) is 5.73 Å². The van der Waals surface area contributed by atoms with Crippen molar-refractivity contribution >= 4 is 0 Å². The predicted molar refractivity (Wildman–Crippen MR) is 70.7 cm³/mol. The minimum atomic E-state index is -0.658. The maximum absolute atomic E-state index is 13.9. The Morgan fingerprint density at radius 1 is 1.26 bits per heavy atom. The van der Waals surface area contributed by atoms with Gasteiger partial charge in [-0.15, -0.1) is 0 Å². The van der Waals surface area contributed by atoms with Crippen molar-refractivity contribution in [1.82, 2.24) is 4.98 Å². The third kappa shape index (κ3) is 2.96. The van der Waals surface area contributed by atoms with E-state index >= 15 is 0 Å². The Kier molecular flexibility index (Phi) is 3.90. The average molecular weight is 262 g/mol. The summed E-state index contributed by atoms with van der Waals surface area (Å²) < 4.78 is 27.2. The molecule has 1 aromatic heterocycles. The molecule has 1 atom stereocenters. The molecule has 2 N–H and O–H groups in total. The predicted octanol–water partition coefficient (Wildman–Crippen LogP) is 2.82. The Balaban J connectivity index is 2.39. The Labute approximate surface area is 111 Å². The van der Waals surface area contributed by atoms with Crippen LogP contribution in [-0.2, 0) is 11.8 Å². The van der Waals surface area contributed by atoms with Gasteiger partial charge in [0.25, 0.3) is 0 Å². The fourth-order valence-electron chi connectivity index (χ4n) is 2.19. The molecule has 1 unspecified atom stereocenters. The summed E-state index contributed by atoms with van der Waals surface area (Å²) in [6, 6.07) is 7.19. The average Bonchev–Trinajstić information content (AvgIpc) is 2.42. The zero-order valence-electron chi connectivity index (χ0n) is 10.7. The molecular weight excluding hydrogens is 246 g/mol. The Morgan fingerprint density at radius 3 is 2.68 bits per heavy atom. The molecule has 1 aromatic carbocycles. The van der Waals surface area contributed by atoms with E-state index in [1.807, 2.05) is 19.1 Å². The van der Waals surface area contributed by atoms with Crippen molar-refractivity contribution in [3.63, 3.8) is 0 Å². The highest BCUT2D eigenvalue weighted by Gasteiger charge is 2.29. The molecule has 0 aliphatic rings. The summed E-state index contributed by atoms with van der Waals surface area (Å²) in [5, 5.41) is 0. The second-order valence-corrected chi connectivity index (χ2v) is 4.93. The lowest BCUT2D eigenvalue weighted by Crippen LogP contribution is -2.35. The maximum atomic E-state index is 13.9. The number of halogens is 2. The van der Waals surface area contributed by atoms with E-state index in [1.54, 1.807) is 12.4 Å². The van der Waals surface area contributed by atoms with Crippen LogP contribution in [0.1, 0.15) is 18.1 Å². The zero-order chi connectivity index (χ0) is 13.9. The van der Waals surface area contributed by atoms with Gasteiger partial charge < -0.3 is 5.73 Å².